The first kappa shape index (κ1) is 11.8. The highest BCUT2D eigenvalue weighted by Crippen LogP contribution is 2.23. The lowest BCUT2D eigenvalue weighted by Gasteiger charge is -2.22. The van der Waals surface area contributed by atoms with E-state index in [0.29, 0.717) is 18.4 Å². The number of aliphatic hydroxyl groups is 2. The molecule has 0 saturated carbocycles. The Balaban J connectivity index is 2.03. The standard InChI is InChI=1S/C15H16O2/c16-15(17,14-9-5-2-6-10-14)12-11-13-7-3-1-4-8-13/h1-10,16-17H,11-12H2. The van der Waals surface area contributed by atoms with Crippen LogP contribution in [-0.2, 0) is 12.2 Å². The van der Waals surface area contributed by atoms with Crippen LogP contribution in [0.3, 0.4) is 0 Å². The topological polar surface area (TPSA) is 40.5 Å². The molecule has 0 aliphatic rings. The summed E-state index contributed by atoms with van der Waals surface area (Å²) in [5.74, 6) is -1.75. The average molecular weight is 228 g/mol. The van der Waals surface area contributed by atoms with E-state index in [-0.39, 0.29) is 0 Å². The molecule has 2 aromatic carbocycles. The Morgan fingerprint density at radius 1 is 0.765 bits per heavy atom. The first-order valence-corrected chi connectivity index (χ1v) is 5.73. The van der Waals surface area contributed by atoms with Crippen LogP contribution >= 0.6 is 0 Å². The fourth-order valence-electron chi connectivity index (χ4n) is 1.81. The van der Waals surface area contributed by atoms with E-state index in [1.165, 1.54) is 0 Å². The van der Waals surface area contributed by atoms with Gasteiger partial charge in [-0.05, 0) is 12.0 Å². The Kier molecular flexibility index (Phi) is 3.57. The Morgan fingerprint density at radius 3 is 1.88 bits per heavy atom. The molecule has 0 aliphatic carbocycles. The van der Waals surface area contributed by atoms with Crippen LogP contribution in [-0.4, -0.2) is 10.2 Å². The van der Waals surface area contributed by atoms with E-state index >= 15 is 0 Å². The van der Waals surface area contributed by atoms with Crippen LogP contribution in [0.1, 0.15) is 17.5 Å². The third-order valence-electron chi connectivity index (χ3n) is 2.84. The van der Waals surface area contributed by atoms with Crippen LogP contribution < -0.4 is 0 Å². The van der Waals surface area contributed by atoms with Crippen molar-refractivity contribution < 1.29 is 10.2 Å². The van der Waals surface area contributed by atoms with Crippen LogP contribution in [0.25, 0.3) is 0 Å². The van der Waals surface area contributed by atoms with Gasteiger partial charge in [0.1, 0.15) is 0 Å². The molecule has 0 amide bonds. The summed E-state index contributed by atoms with van der Waals surface area (Å²) in [6.45, 7) is 0. The van der Waals surface area contributed by atoms with Crippen molar-refractivity contribution in [2.24, 2.45) is 0 Å². The first-order chi connectivity index (χ1) is 8.18. The molecular weight excluding hydrogens is 212 g/mol. The van der Waals surface area contributed by atoms with E-state index < -0.39 is 5.79 Å². The molecular formula is C15H16O2. The number of rotatable bonds is 4. The lowest BCUT2D eigenvalue weighted by atomic mass is 9.98. The van der Waals surface area contributed by atoms with Crippen molar-refractivity contribution in [1.82, 2.24) is 0 Å². The first-order valence-electron chi connectivity index (χ1n) is 5.73. The summed E-state index contributed by atoms with van der Waals surface area (Å²) in [7, 11) is 0. The number of hydrogen-bond acceptors (Lipinski definition) is 2. The third-order valence-corrected chi connectivity index (χ3v) is 2.84. The fourth-order valence-corrected chi connectivity index (χ4v) is 1.81. The summed E-state index contributed by atoms with van der Waals surface area (Å²) >= 11 is 0. The molecule has 17 heavy (non-hydrogen) atoms. The molecule has 0 bridgehead atoms. The summed E-state index contributed by atoms with van der Waals surface area (Å²) in [4.78, 5) is 0. The molecule has 0 spiro atoms. The maximum absolute atomic E-state index is 10.0. The van der Waals surface area contributed by atoms with Crippen LogP contribution in [0, 0.1) is 0 Å². The molecule has 0 radical (unpaired) electrons. The van der Waals surface area contributed by atoms with Crippen molar-refractivity contribution in [3.05, 3.63) is 71.8 Å². The molecule has 0 aliphatic heterocycles. The highest BCUT2D eigenvalue weighted by Gasteiger charge is 2.24. The maximum atomic E-state index is 10.0. The summed E-state index contributed by atoms with van der Waals surface area (Å²) in [6, 6.07) is 18.8. The van der Waals surface area contributed by atoms with Crippen molar-refractivity contribution in [3.8, 4) is 0 Å². The molecule has 0 heterocycles. The van der Waals surface area contributed by atoms with Gasteiger partial charge in [-0.3, -0.25) is 0 Å². The predicted octanol–water partition coefficient (Wildman–Crippen LogP) is 2.46. The van der Waals surface area contributed by atoms with Crippen molar-refractivity contribution in [2.45, 2.75) is 18.6 Å². The lowest BCUT2D eigenvalue weighted by molar-refractivity contribution is -0.174. The molecule has 2 heteroatoms. The van der Waals surface area contributed by atoms with Crippen LogP contribution in [0.5, 0.6) is 0 Å². The van der Waals surface area contributed by atoms with Gasteiger partial charge in [-0.2, -0.15) is 0 Å². The van der Waals surface area contributed by atoms with Gasteiger partial charge in [0.15, 0.2) is 5.79 Å². The van der Waals surface area contributed by atoms with E-state index in [1.807, 2.05) is 36.4 Å². The Hall–Kier alpha value is -1.64. The van der Waals surface area contributed by atoms with E-state index in [9.17, 15) is 10.2 Å². The molecule has 0 aromatic heterocycles. The van der Waals surface area contributed by atoms with Gasteiger partial charge in [0.25, 0.3) is 0 Å². The molecule has 2 N–H and O–H groups in total. The van der Waals surface area contributed by atoms with Gasteiger partial charge in [-0.1, -0.05) is 60.7 Å². The Bertz CT molecular complexity index is 449. The molecule has 2 rings (SSSR count). The SMILES string of the molecule is OC(O)(CCc1ccccc1)c1ccccc1. The van der Waals surface area contributed by atoms with Gasteiger partial charge in [0.2, 0.25) is 0 Å². The van der Waals surface area contributed by atoms with Crippen LogP contribution in [0.2, 0.25) is 0 Å². The van der Waals surface area contributed by atoms with Crippen LogP contribution in [0.4, 0.5) is 0 Å². The summed E-state index contributed by atoms with van der Waals surface area (Å²) in [5.41, 5.74) is 1.65. The van der Waals surface area contributed by atoms with Gasteiger partial charge in [-0.15, -0.1) is 0 Å². The molecule has 2 aromatic rings. The minimum absolute atomic E-state index is 0.293. The highest BCUT2D eigenvalue weighted by molar-refractivity contribution is 5.21. The second kappa shape index (κ2) is 5.13. The van der Waals surface area contributed by atoms with E-state index in [0.717, 1.165) is 5.56 Å². The minimum atomic E-state index is -1.75. The average Bonchev–Trinajstić information content (AvgIpc) is 2.39. The normalized spacial score (nSPS) is 11.4. The summed E-state index contributed by atoms with van der Waals surface area (Å²) in [6.07, 6.45) is 0.934. The Morgan fingerprint density at radius 2 is 1.29 bits per heavy atom. The molecule has 0 saturated heterocycles. The summed E-state index contributed by atoms with van der Waals surface area (Å²) in [5, 5.41) is 20.0. The number of benzene rings is 2. The maximum Gasteiger partial charge on any atom is 0.190 e. The van der Waals surface area contributed by atoms with Crippen molar-refractivity contribution in [2.75, 3.05) is 0 Å². The summed E-state index contributed by atoms with van der Waals surface area (Å²) < 4.78 is 0. The molecule has 0 fully saturated rings. The number of aryl methyl sites for hydroxylation is 1. The number of hydrogen-bond donors (Lipinski definition) is 2. The Labute approximate surface area is 101 Å². The zero-order valence-electron chi connectivity index (χ0n) is 9.58. The largest absolute Gasteiger partial charge is 0.362 e. The van der Waals surface area contributed by atoms with Gasteiger partial charge >= 0.3 is 0 Å². The van der Waals surface area contributed by atoms with E-state index in [4.69, 9.17) is 0 Å². The van der Waals surface area contributed by atoms with E-state index in [2.05, 4.69) is 0 Å². The van der Waals surface area contributed by atoms with Crippen molar-refractivity contribution >= 4 is 0 Å². The van der Waals surface area contributed by atoms with Crippen LogP contribution in [0.15, 0.2) is 60.7 Å². The molecule has 0 atom stereocenters. The second-order valence-electron chi connectivity index (χ2n) is 4.17. The quantitative estimate of drug-likeness (QED) is 0.789. The van der Waals surface area contributed by atoms with Crippen molar-refractivity contribution in [1.29, 1.82) is 0 Å². The smallest absolute Gasteiger partial charge is 0.190 e. The third kappa shape index (κ3) is 3.16. The molecule has 2 nitrogen and oxygen atoms in total. The van der Waals surface area contributed by atoms with Crippen molar-refractivity contribution in [3.63, 3.8) is 0 Å². The van der Waals surface area contributed by atoms with Gasteiger partial charge < -0.3 is 10.2 Å². The zero-order chi connectivity index (χ0) is 12.1. The molecule has 0 unspecified atom stereocenters. The lowest BCUT2D eigenvalue weighted by Crippen LogP contribution is -2.25. The van der Waals surface area contributed by atoms with Gasteiger partial charge in [0, 0.05) is 12.0 Å². The zero-order valence-corrected chi connectivity index (χ0v) is 9.58. The minimum Gasteiger partial charge on any atom is -0.362 e. The second-order valence-corrected chi connectivity index (χ2v) is 4.17. The van der Waals surface area contributed by atoms with E-state index in [1.54, 1.807) is 24.3 Å². The fraction of sp³-hybridized carbons (Fsp3) is 0.200. The highest BCUT2D eigenvalue weighted by atomic mass is 16.5. The van der Waals surface area contributed by atoms with Gasteiger partial charge in [0.05, 0.1) is 0 Å². The monoisotopic (exact) mass is 228 g/mol. The van der Waals surface area contributed by atoms with Gasteiger partial charge in [-0.25, -0.2) is 0 Å². The predicted molar refractivity (Wildman–Crippen MR) is 67.3 cm³/mol. The molecule has 88 valence electrons.